The van der Waals surface area contributed by atoms with Gasteiger partial charge in [0.05, 0.1) is 13.2 Å². The summed E-state index contributed by atoms with van der Waals surface area (Å²) in [6.07, 6.45) is 1.74. The van der Waals surface area contributed by atoms with Crippen molar-refractivity contribution in [3.63, 3.8) is 0 Å². The summed E-state index contributed by atoms with van der Waals surface area (Å²) in [6, 6.07) is 0.189. The maximum Gasteiger partial charge on any atom is 0.221 e. The molecule has 2 aliphatic heterocycles. The number of nitrogens with one attached hydrogen (secondary N) is 2. The van der Waals surface area contributed by atoms with Crippen molar-refractivity contribution in [1.82, 2.24) is 15.5 Å². The lowest BCUT2D eigenvalue weighted by Gasteiger charge is -2.23. The number of rotatable bonds is 5. The number of carbonyl (C=O) groups excluding carboxylic acids is 1. The highest BCUT2D eigenvalue weighted by Gasteiger charge is 2.22. The molecular weight excluding hydrogens is 301 g/mol. The van der Waals surface area contributed by atoms with E-state index in [-0.39, 0.29) is 36.8 Å². The van der Waals surface area contributed by atoms with Crippen LogP contribution in [-0.4, -0.2) is 62.8 Å². The highest BCUT2D eigenvalue weighted by atomic mass is 35.5. The number of hydrogen-bond donors (Lipinski definition) is 2. The SMILES string of the molecule is CCN1CCC(CNC(=O)CC2COCCN2)C1.Cl.Cl. The van der Waals surface area contributed by atoms with E-state index in [0.29, 0.717) is 18.9 Å². The molecule has 2 N–H and O–H groups in total. The summed E-state index contributed by atoms with van der Waals surface area (Å²) in [5.41, 5.74) is 0. The van der Waals surface area contributed by atoms with Crippen molar-refractivity contribution >= 4 is 30.7 Å². The van der Waals surface area contributed by atoms with Crippen LogP contribution in [0.3, 0.4) is 0 Å². The third-order valence-corrected chi connectivity index (χ3v) is 3.84. The molecule has 0 aromatic rings. The standard InChI is InChI=1S/C13H25N3O2.2ClH/c1-2-16-5-3-11(9-16)8-15-13(17)7-12-10-18-6-4-14-12;;/h11-12,14H,2-10H2,1H3,(H,15,17);2*1H. The van der Waals surface area contributed by atoms with Crippen LogP contribution in [-0.2, 0) is 9.53 Å². The van der Waals surface area contributed by atoms with Crippen LogP contribution in [0.15, 0.2) is 0 Å². The zero-order valence-electron chi connectivity index (χ0n) is 12.1. The molecule has 0 bridgehead atoms. The van der Waals surface area contributed by atoms with Crippen LogP contribution < -0.4 is 10.6 Å². The van der Waals surface area contributed by atoms with Gasteiger partial charge in [-0.05, 0) is 25.4 Å². The lowest BCUT2D eigenvalue weighted by atomic mass is 10.1. The fourth-order valence-corrected chi connectivity index (χ4v) is 2.67. The quantitative estimate of drug-likeness (QED) is 0.779. The molecule has 0 aromatic carbocycles. The minimum Gasteiger partial charge on any atom is -0.378 e. The van der Waals surface area contributed by atoms with Gasteiger partial charge in [0.2, 0.25) is 5.91 Å². The van der Waals surface area contributed by atoms with Crippen LogP contribution in [0.2, 0.25) is 0 Å². The van der Waals surface area contributed by atoms with Crippen LogP contribution >= 0.6 is 24.8 Å². The fourth-order valence-electron chi connectivity index (χ4n) is 2.67. The van der Waals surface area contributed by atoms with E-state index in [1.807, 2.05) is 0 Å². The van der Waals surface area contributed by atoms with E-state index in [1.54, 1.807) is 0 Å². The van der Waals surface area contributed by atoms with E-state index < -0.39 is 0 Å². The van der Waals surface area contributed by atoms with E-state index in [2.05, 4.69) is 22.5 Å². The Morgan fingerprint density at radius 1 is 1.45 bits per heavy atom. The smallest absolute Gasteiger partial charge is 0.221 e. The second-order valence-electron chi connectivity index (χ2n) is 5.28. The molecule has 2 fully saturated rings. The first-order valence-corrected chi connectivity index (χ1v) is 7.08. The lowest BCUT2D eigenvalue weighted by molar-refractivity contribution is -0.122. The molecule has 2 heterocycles. The molecule has 5 nitrogen and oxygen atoms in total. The highest BCUT2D eigenvalue weighted by Crippen LogP contribution is 2.14. The summed E-state index contributed by atoms with van der Waals surface area (Å²) in [6.45, 7) is 8.70. The summed E-state index contributed by atoms with van der Waals surface area (Å²) in [4.78, 5) is 14.2. The van der Waals surface area contributed by atoms with Crippen molar-refractivity contribution < 1.29 is 9.53 Å². The summed E-state index contributed by atoms with van der Waals surface area (Å²) >= 11 is 0. The van der Waals surface area contributed by atoms with Gasteiger partial charge in [-0.2, -0.15) is 0 Å². The van der Waals surface area contributed by atoms with Crippen molar-refractivity contribution in [3.05, 3.63) is 0 Å². The second kappa shape index (κ2) is 10.6. The number of hydrogen-bond acceptors (Lipinski definition) is 4. The van der Waals surface area contributed by atoms with Gasteiger partial charge < -0.3 is 20.3 Å². The van der Waals surface area contributed by atoms with Gasteiger partial charge in [-0.15, -0.1) is 24.8 Å². The van der Waals surface area contributed by atoms with Crippen LogP contribution in [0.25, 0.3) is 0 Å². The number of amides is 1. The minimum atomic E-state index is 0. The topological polar surface area (TPSA) is 53.6 Å². The van der Waals surface area contributed by atoms with E-state index in [4.69, 9.17) is 4.74 Å². The van der Waals surface area contributed by atoms with Gasteiger partial charge in [0.1, 0.15) is 0 Å². The van der Waals surface area contributed by atoms with E-state index in [0.717, 1.165) is 32.8 Å². The average molecular weight is 328 g/mol. The predicted octanol–water partition coefficient (Wildman–Crippen LogP) is 0.666. The van der Waals surface area contributed by atoms with Crippen molar-refractivity contribution in [3.8, 4) is 0 Å². The average Bonchev–Trinajstić information content (AvgIpc) is 2.85. The minimum absolute atomic E-state index is 0. The summed E-state index contributed by atoms with van der Waals surface area (Å²) < 4.78 is 5.34. The van der Waals surface area contributed by atoms with Gasteiger partial charge in [-0.1, -0.05) is 6.92 Å². The Balaban J connectivity index is 0.00000180. The van der Waals surface area contributed by atoms with Crippen LogP contribution in [0.5, 0.6) is 0 Å². The fraction of sp³-hybridized carbons (Fsp3) is 0.923. The van der Waals surface area contributed by atoms with Crippen LogP contribution in [0.1, 0.15) is 19.8 Å². The van der Waals surface area contributed by atoms with E-state index in [9.17, 15) is 4.79 Å². The molecule has 2 atom stereocenters. The normalized spacial score (nSPS) is 26.4. The van der Waals surface area contributed by atoms with Crippen molar-refractivity contribution in [2.24, 2.45) is 5.92 Å². The third kappa shape index (κ3) is 6.59. The van der Waals surface area contributed by atoms with Gasteiger partial charge in [0.15, 0.2) is 0 Å². The van der Waals surface area contributed by atoms with Crippen molar-refractivity contribution in [2.75, 3.05) is 45.9 Å². The predicted molar refractivity (Wildman–Crippen MR) is 85.0 cm³/mol. The molecule has 2 unspecified atom stereocenters. The molecular formula is C13H27Cl2N3O2. The lowest BCUT2D eigenvalue weighted by Crippen LogP contribution is -2.44. The Morgan fingerprint density at radius 2 is 2.25 bits per heavy atom. The van der Waals surface area contributed by atoms with Gasteiger partial charge >= 0.3 is 0 Å². The molecule has 1 amide bonds. The molecule has 0 aromatic heterocycles. The molecule has 0 radical (unpaired) electrons. The first-order chi connectivity index (χ1) is 8.78. The van der Waals surface area contributed by atoms with Crippen molar-refractivity contribution in [2.45, 2.75) is 25.8 Å². The maximum absolute atomic E-state index is 11.8. The molecule has 0 aliphatic carbocycles. The van der Waals surface area contributed by atoms with Crippen molar-refractivity contribution in [1.29, 1.82) is 0 Å². The Morgan fingerprint density at radius 3 is 2.85 bits per heavy atom. The zero-order valence-corrected chi connectivity index (χ0v) is 13.7. The van der Waals surface area contributed by atoms with Gasteiger partial charge in [-0.3, -0.25) is 4.79 Å². The summed E-state index contributed by atoms with van der Waals surface area (Å²) in [5, 5.41) is 6.36. The van der Waals surface area contributed by atoms with Gasteiger partial charge in [0.25, 0.3) is 0 Å². The third-order valence-electron chi connectivity index (χ3n) is 3.84. The first-order valence-electron chi connectivity index (χ1n) is 7.08. The van der Waals surface area contributed by atoms with Crippen LogP contribution in [0.4, 0.5) is 0 Å². The van der Waals surface area contributed by atoms with Gasteiger partial charge in [0, 0.05) is 32.1 Å². The molecule has 120 valence electrons. The van der Waals surface area contributed by atoms with Gasteiger partial charge in [-0.25, -0.2) is 0 Å². The first kappa shape index (κ1) is 19.9. The number of morpholine rings is 1. The number of carbonyl (C=O) groups is 1. The molecule has 20 heavy (non-hydrogen) atoms. The van der Waals surface area contributed by atoms with Crippen LogP contribution in [0, 0.1) is 5.92 Å². The number of ether oxygens (including phenoxy) is 1. The Hall–Kier alpha value is -0.0700. The number of likely N-dealkylation sites (tertiary alicyclic amines) is 1. The largest absolute Gasteiger partial charge is 0.378 e. The summed E-state index contributed by atoms with van der Waals surface area (Å²) in [5.74, 6) is 0.775. The molecule has 0 saturated carbocycles. The Kier molecular flexibility index (Phi) is 10.6. The monoisotopic (exact) mass is 327 g/mol. The van der Waals surface area contributed by atoms with E-state index in [1.165, 1.54) is 13.0 Å². The Bertz CT molecular complexity index is 276. The number of halogens is 2. The maximum atomic E-state index is 11.8. The zero-order chi connectivity index (χ0) is 12.8. The Labute approximate surface area is 134 Å². The van der Waals surface area contributed by atoms with E-state index >= 15 is 0 Å². The second-order valence-corrected chi connectivity index (χ2v) is 5.28. The summed E-state index contributed by atoms with van der Waals surface area (Å²) in [7, 11) is 0. The number of nitrogens with zero attached hydrogens (tertiary/aromatic N) is 1. The molecule has 2 aliphatic rings. The molecule has 7 heteroatoms. The molecule has 0 spiro atoms. The molecule has 2 rings (SSSR count). The highest BCUT2D eigenvalue weighted by molar-refractivity contribution is 5.85. The molecule has 2 saturated heterocycles.